The summed E-state index contributed by atoms with van der Waals surface area (Å²) in [5.74, 6) is 0. The van der Waals surface area contributed by atoms with Crippen molar-refractivity contribution in [3.8, 4) is 0 Å². The van der Waals surface area contributed by atoms with E-state index in [-0.39, 0.29) is 22.4 Å². The molecule has 1 heterocycles. The Hall–Kier alpha value is 0.240. The van der Waals surface area contributed by atoms with Crippen LogP contribution in [0.1, 0.15) is 5.56 Å². The van der Waals surface area contributed by atoms with Gasteiger partial charge in [-0.25, -0.2) is 0 Å². The van der Waals surface area contributed by atoms with Crippen LogP contribution in [0.3, 0.4) is 0 Å². The van der Waals surface area contributed by atoms with E-state index in [1.165, 1.54) is 0 Å². The Morgan fingerprint density at radius 3 is 2.50 bits per heavy atom. The molecule has 0 aromatic carbocycles. The topological polar surface area (TPSA) is 27.0 Å². The predicted molar refractivity (Wildman–Crippen MR) is 27.3 cm³/mol. The van der Waals surface area contributed by atoms with E-state index in [2.05, 4.69) is 10.2 Å². The second-order valence-corrected chi connectivity index (χ2v) is 1.68. The number of aryl methyl sites for hydroxylation is 1. The minimum absolute atomic E-state index is 0. The number of hydrogen-bond donors (Lipinski definition) is 0. The fourth-order valence-corrected chi connectivity index (χ4v) is 0.391. The van der Waals surface area contributed by atoms with E-state index in [1.54, 1.807) is 6.20 Å². The monoisotopic (exact) mass is 222 g/mol. The van der Waals surface area contributed by atoms with Gasteiger partial charge in [-0.2, -0.15) is 0 Å². The average molecular weight is 223 g/mol. The van der Waals surface area contributed by atoms with Crippen LogP contribution in [0.15, 0.2) is 6.20 Å². The standard InChI is InChI=1S/C4H4ClN2.Ag/c1-3-2-6-7-4(3)5;/h2H,1H3;/q-1;+1. The molecule has 0 aliphatic rings. The summed E-state index contributed by atoms with van der Waals surface area (Å²) in [6, 6.07) is 0. The number of hydrogen-bond acceptors (Lipinski definition) is 1. The first-order valence-corrected chi connectivity index (χ1v) is 2.29. The maximum Gasteiger partial charge on any atom is 1.00 e. The van der Waals surface area contributed by atoms with Crippen molar-refractivity contribution in [2.45, 2.75) is 6.92 Å². The third kappa shape index (κ3) is 1.63. The maximum atomic E-state index is 5.45. The van der Waals surface area contributed by atoms with Gasteiger partial charge in [-0.3, -0.25) is 0 Å². The summed E-state index contributed by atoms with van der Waals surface area (Å²) in [4.78, 5) is 0. The van der Waals surface area contributed by atoms with Gasteiger partial charge in [0.1, 0.15) is 0 Å². The van der Waals surface area contributed by atoms with Gasteiger partial charge in [-0.05, 0) is 17.6 Å². The van der Waals surface area contributed by atoms with Crippen molar-refractivity contribution in [1.29, 1.82) is 0 Å². The van der Waals surface area contributed by atoms with Crippen molar-refractivity contribution in [2.75, 3.05) is 0 Å². The van der Waals surface area contributed by atoms with Gasteiger partial charge in [0.15, 0.2) is 0 Å². The zero-order chi connectivity index (χ0) is 5.28. The maximum absolute atomic E-state index is 5.45. The Balaban J connectivity index is 0.000000490. The molecule has 0 aliphatic carbocycles. The summed E-state index contributed by atoms with van der Waals surface area (Å²) in [6.07, 6.45) is 1.63. The number of nitrogens with zero attached hydrogens (tertiary/aromatic N) is 2. The molecule has 0 amide bonds. The summed E-state index contributed by atoms with van der Waals surface area (Å²) in [5, 5.41) is 7.57. The number of halogens is 1. The molecule has 0 saturated carbocycles. The molecule has 0 atom stereocenters. The van der Waals surface area contributed by atoms with Gasteiger partial charge in [0.05, 0.1) is 0 Å². The molecule has 0 spiro atoms. The fourth-order valence-electron chi connectivity index (χ4n) is 0.298. The van der Waals surface area contributed by atoms with E-state index >= 15 is 0 Å². The van der Waals surface area contributed by atoms with Gasteiger partial charge in [0, 0.05) is 6.20 Å². The molecule has 0 aliphatic heterocycles. The van der Waals surface area contributed by atoms with Crippen LogP contribution in [-0.2, 0) is 22.4 Å². The Labute approximate surface area is 68.1 Å². The van der Waals surface area contributed by atoms with Crippen molar-refractivity contribution in [1.82, 2.24) is 10.2 Å². The third-order valence-corrected chi connectivity index (χ3v) is 1.10. The van der Waals surface area contributed by atoms with Crippen LogP contribution in [-0.4, -0.2) is 5.10 Å². The van der Waals surface area contributed by atoms with E-state index in [1.807, 2.05) is 6.92 Å². The Morgan fingerprint density at radius 1 is 1.75 bits per heavy atom. The van der Waals surface area contributed by atoms with Crippen LogP contribution in [0.25, 0.3) is 0 Å². The van der Waals surface area contributed by atoms with Gasteiger partial charge in [0.2, 0.25) is 0 Å². The fraction of sp³-hybridized carbons (Fsp3) is 0.250. The van der Waals surface area contributed by atoms with Gasteiger partial charge in [0.25, 0.3) is 0 Å². The van der Waals surface area contributed by atoms with Crippen LogP contribution >= 0.6 is 11.6 Å². The van der Waals surface area contributed by atoms with E-state index in [0.29, 0.717) is 5.15 Å². The summed E-state index contributed by atoms with van der Waals surface area (Å²) in [6.45, 7) is 1.86. The van der Waals surface area contributed by atoms with Crippen LogP contribution in [0.2, 0.25) is 5.15 Å². The normalized spacial score (nSPS) is 8.25. The first kappa shape index (κ1) is 8.24. The minimum Gasteiger partial charge on any atom is -0.565 e. The molecule has 1 aromatic heterocycles. The molecular weight excluding hydrogens is 219 g/mol. The molecule has 1 aromatic rings. The second kappa shape index (κ2) is 3.30. The molecule has 0 radical (unpaired) electrons. The summed E-state index contributed by atoms with van der Waals surface area (Å²) < 4.78 is 0. The van der Waals surface area contributed by atoms with Crippen LogP contribution < -0.4 is 5.10 Å². The first-order chi connectivity index (χ1) is 3.30. The molecule has 48 valence electrons. The van der Waals surface area contributed by atoms with Crippen LogP contribution in [0.4, 0.5) is 0 Å². The molecule has 0 N–H and O–H groups in total. The predicted octanol–water partition coefficient (Wildman–Crippen LogP) is 0.998. The summed E-state index contributed by atoms with van der Waals surface area (Å²) >= 11 is 5.45. The largest absolute Gasteiger partial charge is 1.00 e. The summed E-state index contributed by atoms with van der Waals surface area (Å²) in [7, 11) is 0. The quantitative estimate of drug-likeness (QED) is 0.614. The van der Waals surface area contributed by atoms with Crippen molar-refractivity contribution in [2.24, 2.45) is 0 Å². The molecule has 8 heavy (non-hydrogen) atoms. The van der Waals surface area contributed by atoms with Crippen molar-refractivity contribution < 1.29 is 22.4 Å². The molecule has 0 saturated heterocycles. The molecule has 4 heteroatoms. The van der Waals surface area contributed by atoms with Crippen molar-refractivity contribution >= 4 is 11.6 Å². The van der Waals surface area contributed by atoms with Gasteiger partial charge in [-0.15, -0.1) is 11.6 Å². The molecule has 0 unspecified atom stereocenters. The van der Waals surface area contributed by atoms with Gasteiger partial charge < -0.3 is 10.2 Å². The first-order valence-electron chi connectivity index (χ1n) is 1.91. The molecule has 1 rings (SSSR count). The van der Waals surface area contributed by atoms with Gasteiger partial charge in [-0.1, -0.05) is 0 Å². The van der Waals surface area contributed by atoms with E-state index < -0.39 is 0 Å². The van der Waals surface area contributed by atoms with E-state index in [4.69, 9.17) is 11.6 Å². The average Bonchev–Trinajstić information content (AvgIpc) is 1.91. The Kier molecular flexibility index (Phi) is 3.40. The van der Waals surface area contributed by atoms with Crippen molar-refractivity contribution in [3.63, 3.8) is 0 Å². The Bertz CT molecular complexity index is 146. The molecule has 2 nitrogen and oxygen atoms in total. The van der Waals surface area contributed by atoms with Gasteiger partial charge >= 0.3 is 22.4 Å². The number of aromatic nitrogens is 2. The van der Waals surface area contributed by atoms with E-state index in [0.717, 1.165) is 5.56 Å². The smallest absolute Gasteiger partial charge is 0.565 e. The SMILES string of the molecule is Cc1cn[n-]c1Cl.[Ag+]. The molecular formula is C4H4AgClN2. The summed E-state index contributed by atoms with van der Waals surface area (Å²) in [5.41, 5.74) is 0.932. The zero-order valence-electron chi connectivity index (χ0n) is 4.15. The zero-order valence-corrected chi connectivity index (χ0v) is 6.39. The molecule has 0 fully saturated rings. The Morgan fingerprint density at radius 2 is 2.38 bits per heavy atom. The molecule has 0 bridgehead atoms. The van der Waals surface area contributed by atoms with E-state index in [9.17, 15) is 0 Å². The van der Waals surface area contributed by atoms with Crippen LogP contribution in [0.5, 0.6) is 0 Å². The third-order valence-electron chi connectivity index (χ3n) is 0.722. The second-order valence-electron chi connectivity index (χ2n) is 1.32. The van der Waals surface area contributed by atoms with Crippen LogP contribution in [0, 0.1) is 6.92 Å². The number of rotatable bonds is 0. The van der Waals surface area contributed by atoms with Crippen molar-refractivity contribution in [3.05, 3.63) is 16.9 Å². The minimum atomic E-state index is 0.